The number of aryl methyl sites for hydroxylation is 1. The summed E-state index contributed by atoms with van der Waals surface area (Å²) in [6.07, 6.45) is 3.71. The van der Waals surface area contributed by atoms with E-state index in [1.54, 1.807) is 10.9 Å². The zero-order valence-corrected chi connectivity index (χ0v) is 13.5. The Morgan fingerprint density at radius 3 is 2.42 bits per heavy atom. The van der Waals surface area contributed by atoms with Gasteiger partial charge in [-0.25, -0.2) is 0 Å². The third kappa shape index (κ3) is 5.80. The van der Waals surface area contributed by atoms with Gasteiger partial charge in [-0.3, -0.25) is 9.48 Å². The van der Waals surface area contributed by atoms with Gasteiger partial charge < -0.3 is 10.6 Å². The van der Waals surface area contributed by atoms with Crippen LogP contribution >= 0.6 is 24.8 Å². The maximum atomic E-state index is 12.1. The number of hydrogen-bond acceptors (Lipinski definition) is 3. The van der Waals surface area contributed by atoms with Gasteiger partial charge in [-0.05, 0) is 13.8 Å². The lowest BCUT2D eigenvalue weighted by molar-refractivity contribution is -0.135. The minimum atomic E-state index is -0.147. The summed E-state index contributed by atoms with van der Waals surface area (Å²) in [4.78, 5) is 14.0. The van der Waals surface area contributed by atoms with Crippen molar-refractivity contribution in [3.05, 3.63) is 18.0 Å². The van der Waals surface area contributed by atoms with E-state index in [0.29, 0.717) is 13.1 Å². The van der Waals surface area contributed by atoms with Crippen LogP contribution < -0.4 is 5.73 Å². The van der Waals surface area contributed by atoms with Crippen LogP contribution in [0.15, 0.2) is 12.4 Å². The van der Waals surface area contributed by atoms with Crippen molar-refractivity contribution in [1.82, 2.24) is 14.7 Å². The molecule has 1 aromatic heterocycles. The second-order valence-electron chi connectivity index (χ2n) is 4.52. The van der Waals surface area contributed by atoms with Gasteiger partial charge in [0.05, 0.1) is 12.1 Å². The summed E-state index contributed by atoms with van der Waals surface area (Å²) < 4.78 is 1.74. The topological polar surface area (TPSA) is 64.2 Å². The van der Waals surface area contributed by atoms with Crippen molar-refractivity contribution in [2.45, 2.75) is 33.4 Å². The van der Waals surface area contributed by atoms with Crippen molar-refractivity contribution < 1.29 is 4.79 Å². The Hall–Kier alpha value is -0.780. The largest absolute Gasteiger partial charge is 0.338 e. The second-order valence-corrected chi connectivity index (χ2v) is 4.52. The van der Waals surface area contributed by atoms with Gasteiger partial charge in [-0.15, -0.1) is 24.8 Å². The normalized spacial score (nSPS) is 12.9. The summed E-state index contributed by atoms with van der Waals surface area (Å²) in [5.41, 5.74) is 6.80. The Bertz CT molecular complexity index is 382. The average molecular weight is 311 g/mol. The maximum absolute atomic E-state index is 12.1. The first-order valence-electron chi connectivity index (χ1n) is 5.97. The molecule has 19 heavy (non-hydrogen) atoms. The lowest BCUT2D eigenvalue weighted by Gasteiger charge is -2.25. The van der Waals surface area contributed by atoms with E-state index in [9.17, 15) is 4.79 Å². The van der Waals surface area contributed by atoms with Crippen LogP contribution in [0.4, 0.5) is 0 Å². The fourth-order valence-corrected chi connectivity index (χ4v) is 1.63. The fourth-order valence-electron chi connectivity index (χ4n) is 1.63. The number of amides is 1. The van der Waals surface area contributed by atoms with Crippen LogP contribution in [0.1, 0.15) is 26.3 Å². The number of nitrogens with two attached hydrogens (primary N) is 1. The SMILES string of the molecule is CCN(Cc1cnn(C)c1)C(=O)C(C)C(C)N.Cl.Cl. The molecule has 5 nitrogen and oxygen atoms in total. The van der Waals surface area contributed by atoms with Crippen LogP contribution in [0.3, 0.4) is 0 Å². The maximum Gasteiger partial charge on any atom is 0.227 e. The molecule has 0 aliphatic carbocycles. The van der Waals surface area contributed by atoms with Gasteiger partial charge in [0.25, 0.3) is 0 Å². The third-order valence-electron chi connectivity index (χ3n) is 3.00. The first kappa shape index (κ1) is 20.5. The fraction of sp³-hybridized carbons (Fsp3) is 0.667. The summed E-state index contributed by atoms with van der Waals surface area (Å²) in [6.45, 7) is 6.99. The van der Waals surface area contributed by atoms with Gasteiger partial charge >= 0.3 is 0 Å². The van der Waals surface area contributed by atoms with Crippen molar-refractivity contribution in [1.29, 1.82) is 0 Å². The lowest BCUT2D eigenvalue weighted by atomic mass is 10.0. The predicted molar refractivity (Wildman–Crippen MR) is 81.6 cm³/mol. The number of rotatable bonds is 5. The Labute approximate surface area is 127 Å². The van der Waals surface area contributed by atoms with Crippen molar-refractivity contribution >= 4 is 30.7 Å². The van der Waals surface area contributed by atoms with Gasteiger partial charge in [0.2, 0.25) is 5.91 Å². The highest BCUT2D eigenvalue weighted by atomic mass is 35.5. The van der Waals surface area contributed by atoms with Crippen LogP contribution in [0.2, 0.25) is 0 Å². The summed E-state index contributed by atoms with van der Waals surface area (Å²) in [5.74, 6) is -0.0435. The highest BCUT2D eigenvalue weighted by molar-refractivity contribution is 5.85. The van der Waals surface area contributed by atoms with E-state index in [-0.39, 0.29) is 42.7 Å². The molecule has 0 saturated heterocycles. The third-order valence-corrected chi connectivity index (χ3v) is 3.00. The molecular weight excluding hydrogens is 287 g/mol. The van der Waals surface area contributed by atoms with Crippen molar-refractivity contribution in [2.75, 3.05) is 6.54 Å². The molecule has 0 fully saturated rings. The zero-order valence-electron chi connectivity index (χ0n) is 11.9. The number of carbonyl (C=O) groups is 1. The minimum Gasteiger partial charge on any atom is -0.338 e. The van der Waals surface area contributed by atoms with E-state index in [4.69, 9.17) is 5.73 Å². The van der Waals surface area contributed by atoms with Crippen LogP contribution in [0.25, 0.3) is 0 Å². The van der Waals surface area contributed by atoms with Gasteiger partial charge in [-0.1, -0.05) is 6.92 Å². The molecule has 1 amide bonds. The van der Waals surface area contributed by atoms with Crippen LogP contribution in [0, 0.1) is 5.92 Å². The summed E-state index contributed by atoms with van der Waals surface area (Å²) in [6, 6.07) is -0.120. The molecule has 0 aliphatic heterocycles. The number of aromatic nitrogens is 2. The standard InChI is InChI=1S/C12H22N4O.2ClH/c1-5-16(12(17)9(2)10(3)13)8-11-6-14-15(4)7-11;;/h6-7,9-10H,5,8,13H2,1-4H3;2*1H. The van der Waals surface area contributed by atoms with Crippen molar-refractivity contribution in [3.8, 4) is 0 Å². The molecule has 2 N–H and O–H groups in total. The molecule has 0 spiro atoms. The molecule has 2 atom stereocenters. The number of nitrogens with zero attached hydrogens (tertiary/aromatic N) is 3. The van der Waals surface area contributed by atoms with E-state index in [2.05, 4.69) is 5.10 Å². The van der Waals surface area contributed by atoms with E-state index in [1.807, 2.05) is 38.9 Å². The van der Waals surface area contributed by atoms with E-state index in [0.717, 1.165) is 5.56 Å². The molecule has 0 saturated carbocycles. The first-order valence-corrected chi connectivity index (χ1v) is 5.97. The first-order chi connectivity index (χ1) is 7.95. The van der Waals surface area contributed by atoms with Gasteiger partial charge in [0, 0.05) is 37.9 Å². The number of carbonyl (C=O) groups excluding carboxylic acids is 1. The highest BCUT2D eigenvalue weighted by Gasteiger charge is 2.22. The quantitative estimate of drug-likeness (QED) is 0.898. The Morgan fingerprint density at radius 2 is 2.05 bits per heavy atom. The van der Waals surface area contributed by atoms with E-state index < -0.39 is 0 Å². The van der Waals surface area contributed by atoms with Crippen LogP contribution in [-0.2, 0) is 18.4 Å². The smallest absolute Gasteiger partial charge is 0.227 e. The minimum absolute atomic E-state index is 0. The molecule has 1 aromatic rings. The summed E-state index contributed by atoms with van der Waals surface area (Å²) in [5, 5.41) is 4.10. The van der Waals surface area contributed by atoms with Gasteiger partial charge in [0.1, 0.15) is 0 Å². The van der Waals surface area contributed by atoms with E-state index in [1.165, 1.54) is 0 Å². The van der Waals surface area contributed by atoms with Crippen molar-refractivity contribution in [2.24, 2.45) is 18.7 Å². The van der Waals surface area contributed by atoms with E-state index >= 15 is 0 Å². The lowest BCUT2D eigenvalue weighted by Crippen LogP contribution is -2.41. The zero-order chi connectivity index (χ0) is 13.0. The average Bonchev–Trinajstić information content (AvgIpc) is 2.69. The molecular formula is C12H24Cl2N4O. The summed E-state index contributed by atoms with van der Waals surface area (Å²) in [7, 11) is 1.87. The highest BCUT2D eigenvalue weighted by Crippen LogP contribution is 2.10. The Kier molecular flexibility index (Phi) is 9.92. The molecule has 2 unspecified atom stereocenters. The molecule has 0 aromatic carbocycles. The predicted octanol–water partition coefficient (Wildman–Crippen LogP) is 1.60. The molecule has 1 heterocycles. The molecule has 0 bridgehead atoms. The van der Waals surface area contributed by atoms with Crippen LogP contribution in [0.5, 0.6) is 0 Å². The van der Waals surface area contributed by atoms with Crippen molar-refractivity contribution in [3.63, 3.8) is 0 Å². The molecule has 0 aliphatic rings. The summed E-state index contributed by atoms with van der Waals surface area (Å²) >= 11 is 0. The Morgan fingerprint density at radius 1 is 1.47 bits per heavy atom. The molecule has 112 valence electrons. The van der Waals surface area contributed by atoms with Gasteiger partial charge in [0.15, 0.2) is 0 Å². The molecule has 0 radical (unpaired) electrons. The number of hydrogen-bond donors (Lipinski definition) is 1. The number of halogens is 2. The second kappa shape index (κ2) is 9.18. The molecule has 7 heteroatoms. The van der Waals surface area contributed by atoms with Gasteiger partial charge in [-0.2, -0.15) is 5.10 Å². The molecule has 1 rings (SSSR count). The van der Waals surface area contributed by atoms with Crippen LogP contribution in [-0.4, -0.2) is 33.2 Å². The monoisotopic (exact) mass is 310 g/mol. The Balaban J connectivity index is 0.